The van der Waals surface area contributed by atoms with E-state index in [4.69, 9.17) is 0 Å². The molecule has 2 nitrogen and oxygen atoms in total. The first-order valence-corrected chi connectivity index (χ1v) is 5.55. The van der Waals surface area contributed by atoms with Gasteiger partial charge in [-0.1, -0.05) is 0 Å². The molecule has 0 bridgehead atoms. The molecule has 1 aromatic heterocycles. The zero-order chi connectivity index (χ0) is 7.84. The van der Waals surface area contributed by atoms with Gasteiger partial charge in [0.2, 0.25) is 0 Å². The van der Waals surface area contributed by atoms with Crippen LogP contribution in [0.2, 0.25) is 0 Å². The summed E-state index contributed by atoms with van der Waals surface area (Å²) in [5, 5.41) is 0. The van der Waals surface area contributed by atoms with E-state index in [0.29, 0.717) is 0 Å². The van der Waals surface area contributed by atoms with Gasteiger partial charge in [0.15, 0.2) is 0 Å². The van der Waals surface area contributed by atoms with Crippen molar-refractivity contribution in [2.45, 2.75) is 13.8 Å². The van der Waals surface area contributed by atoms with E-state index >= 15 is 0 Å². The second-order valence-corrected chi connectivity index (χ2v) is 4.20. The summed E-state index contributed by atoms with van der Waals surface area (Å²) in [5.41, 5.74) is 4.85. The van der Waals surface area contributed by atoms with Gasteiger partial charge in [0.25, 0.3) is 0 Å². The molecule has 0 amide bonds. The Balaban J connectivity index is 2.86. The normalized spacial score (nSPS) is 10.7. The van der Waals surface area contributed by atoms with Crippen LogP contribution < -0.4 is 0 Å². The summed E-state index contributed by atoms with van der Waals surface area (Å²) in [6, 6.07) is 4.26. The summed E-state index contributed by atoms with van der Waals surface area (Å²) in [7, 11) is 0. The van der Waals surface area contributed by atoms with Crippen molar-refractivity contribution in [1.82, 2.24) is 6.41 Å². The Labute approximate surface area is 75.6 Å². The van der Waals surface area contributed by atoms with Crippen LogP contribution >= 0.6 is 0 Å². The third-order valence-electron chi connectivity index (χ3n) is 1.87. The molecule has 2 rings (SSSR count). The van der Waals surface area contributed by atoms with Crippen LogP contribution in [0, 0.1) is 13.8 Å². The third-order valence-corrected chi connectivity index (χ3v) is 3.46. The molecule has 0 fully saturated rings. The molecular formula is C8H8N2Te. The van der Waals surface area contributed by atoms with Crippen LogP contribution in [0.3, 0.4) is 0 Å². The molecule has 0 atom stereocenters. The van der Waals surface area contributed by atoms with Gasteiger partial charge < -0.3 is 0 Å². The van der Waals surface area contributed by atoms with E-state index in [9.17, 15) is 0 Å². The summed E-state index contributed by atoms with van der Waals surface area (Å²) in [5.74, 6) is 0. The molecule has 1 aromatic carbocycles. The van der Waals surface area contributed by atoms with E-state index < -0.39 is 21.0 Å². The quantitative estimate of drug-likeness (QED) is 0.667. The SMILES string of the molecule is Cc1cc2n[te]nc2cc1C. The van der Waals surface area contributed by atoms with Crippen molar-refractivity contribution in [2.24, 2.45) is 0 Å². The first-order chi connectivity index (χ1) is 5.27. The topological polar surface area (TPSA) is 25.8 Å². The first-order valence-electron chi connectivity index (χ1n) is 3.47. The van der Waals surface area contributed by atoms with Gasteiger partial charge in [-0.25, -0.2) is 0 Å². The van der Waals surface area contributed by atoms with E-state index in [2.05, 4.69) is 32.4 Å². The van der Waals surface area contributed by atoms with Gasteiger partial charge >= 0.3 is 75.6 Å². The number of hydrogen-bond donors (Lipinski definition) is 0. The Morgan fingerprint density at radius 2 is 1.45 bits per heavy atom. The predicted octanol–water partition coefficient (Wildman–Crippen LogP) is 1.30. The molecule has 11 heavy (non-hydrogen) atoms. The summed E-state index contributed by atoms with van der Waals surface area (Å²) in [6.07, 6.45) is 0. The van der Waals surface area contributed by atoms with Crippen molar-refractivity contribution in [3.05, 3.63) is 23.3 Å². The molecule has 0 radical (unpaired) electrons. The molecule has 0 spiro atoms. The molecule has 0 saturated heterocycles. The zero-order valence-corrected chi connectivity index (χ0v) is 8.79. The van der Waals surface area contributed by atoms with Crippen LogP contribution in [0.25, 0.3) is 11.0 Å². The van der Waals surface area contributed by atoms with Gasteiger partial charge in [0.05, 0.1) is 0 Å². The molecule has 0 unspecified atom stereocenters. The van der Waals surface area contributed by atoms with Crippen LogP contribution in [-0.4, -0.2) is 27.4 Å². The fourth-order valence-corrected chi connectivity index (χ4v) is 2.49. The summed E-state index contributed by atoms with van der Waals surface area (Å²) in [6.45, 7) is 4.23. The van der Waals surface area contributed by atoms with Crippen LogP contribution in [0.5, 0.6) is 0 Å². The summed E-state index contributed by atoms with van der Waals surface area (Å²) in [4.78, 5) is 0. The number of fused-ring (bicyclic) bond motifs is 1. The minimum absolute atomic E-state index is 0.422. The Kier molecular flexibility index (Phi) is 1.71. The average molecular weight is 260 g/mol. The van der Waals surface area contributed by atoms with Crippen LogP contribution in [0.4, 0.5) is 0 Å². The average Bonchev–Trinajstić information content (AvgIpc) is 2.36. The fraction of sp³-hybridized carbons (Fsp3) is 0.250. The van der Waals surface area contributed by atoms with E-state index in [0.717, 1.165) is 11.0 Å². The molecule has 0 aliphatic rings. The van der Waals surface area contributed by atoms with E-state index in [1.807, 2.05) is 0 Å². The van der Waals surface area contributed by atoms with E-state index in [-0.39, 0.29) is 0 Å². The molecule has 1 heterocycles. The molecule has 0 aliphatic carbocycles. The Hall–Kier alpha value is -0.390. The third kappa shape index (κ3) is 1.19. The fourth-order valence-electron chi connectivity index (χ4n) is 1.04. The van der Waals surface area contributed by atoms with Gasteiger partial charge in [-0.2, -0.15) is 0 Å². The molecule has 2 aromatic rings. The van der Waals surface area contributed by atoms with Gasteiger partial charge in [-0.15, -0.1) is 0 Å². The van der Waals surface area contributed by atoms with Crippen molar-refractivity contribution in [2.75, 3.05) is 0 Å². The maximum atomic E-state index is 4.36. The molecular weight excluding hydrogens is 252 g/mol. The number of benzene rings is 1. The van der Waals surface area contributed by atoms with Crippen molar-refractivity contribution < 1.29 is 0 Å². The second kappa shape index (κ2) is 2.58. The number of aryl methyl sites for hydroxylation is 2. The van der Waals surface area contributed by atoms with E-state index in [1.165, 1.54) is 11.1 Å². The molecule has 0 saturated carbocycles. The summed E-state index contributed by atoms with van der Waals surface area (Å²) < 4.78 is 8.73. The van der Waals surface area contributed by atoms with Gasteiger partial charge in [-0.05, 0) is 0 Å². The van der Waals surface area contributed by atoms with Gasteiger partial charge in [0.1, 0.15) is 0 Å². The van der Waals surface area contributed by atoms with Crippen LogP contribution in [-0.2, 0) is 0 Å². The zero-order valence-electron chi connectivity index (χ0n) is 6.46. The maximum absolute atomic E-state index is 4.36. The Morgan fingerprint density at radius 3 is 1.91 bits per heavy atom. The first kappa shape index (κ1) is 7.27. The van der Waals surface area contributed by atoms with Gasteiger partial charge in [-0.3, -0.25) is 0 Å². The summed E-state index contributed by atoms with van der Waals surface area (Å²) >= 11 is -0.422. The van der Waals surface area contributed by atoms with Crippen molar-refractivity contribution in [1.29, 1.82) is 0 Å². The number of nitrogens with zero attached hydrogens (tertiary/aromatic N) is 2. The van der Waals surface area contributed by atoms with Crippen LogP contribution in [0.1, 0.15) is 11.1 Å². The second-order valence-electron chi connectivity index (χ2n) is 2.69. The van der Waals surface area contributed by atoms with Crippen molar-refractivity contribution in [3.63, 3.8) is 0 Å². The molecule has 0 aliphatic heterocycles. The molecule has 3 heteroatoms. The monoisotopic (exact) mass is 262 g/mol. The molecule has 56 valence electrons. The van der Waals surface area contributed by atoms with Crippen molar-refractivity contribution >= 4 is 32.0 Å². The Morgan fingerprint density at radius 1 is 1.00 bits per heavy atom. The molecule has 0 N–H and O–H groups in total. The predicted molar refractivity (Wildman–Crippen MR) is 46.0 cm³/mol. The number of aromatic nitrogens is 2. The number of rotatable bonds is 0. The Bertz CT molecular complexity index is 356. The minimum atomic E-state index is -0.422. The number of hydrogen-bond acceptors (Lipinski definition) is 2. The standard InChI is InChI=1S/C8H8N2Te/c1-5-3-7-8(4-6(5)2)10-11-9-7/h3-4H,1-2H3. The van der Waals surface area contributed by atoms with Crippen molar-refractivity contribution in [3.8, 4) is 0 Å². The van der Waals surface area contributed by atoms with Crippen LogP contribution in [0.15, 0.2) is 12.1 Å². The van der Waals surface area contributed by atoms with E-state index in [1.54, 1.807) is 0 Å². The van der Waals surface area contributed by atoms with Gasteiger partial charge in [0, 0.05) is 0 Å².